The van der Waals surface area contributed by atoms with Crippen LogP contribution in [0.4, 0.5) is 20.6 Å². The number of Topliss-reactive ketones (excluding diaryl/α,β-unsaturated/α-hetero) is 1. The van der Waals surface area contributed by atoms with Gasteiger partial charge in [-0.05, 0) is 54.6 Å². The van der Waals surface area contributed by atoms with E-state index < -0.39 is 17.7 Å². The summed E-state index contributed by atoms with van der Waals surface area (Å²) in [6, 6.07) is 26.9. The summed E-state index contributed by atoms with van der Waals surface area (Å²) in [5.41, 5.74) is 1.58. The Morgan fingerprint density at radius 1 is 0.886 bits per heavy atom. The lowest BCUT2D eigenvalue weighted by Gasteiger charge is -2.22. The van der Waals surface area contributed by atoms with Gasteiger partial charge in [0.25, 0.3) is 0 Å². The van der Waals surface area contributed by atoms with Crippen molar-refractivity contribution in [1.82, 2.24) is 0 Å². The molecule has 1 heterocycles. The Morgan fingerprint density at radius 2 is 1.54 bits per heavy atom. The van der Waals surface area contributed by atoms with Crippen LogP contribution in [0, 0.1) is 5.82 Å². The van der Waals surface area contributed by atoms with Gasteiger partial charge in [-0.15, -0.1) is 0 Å². The molecule has 35 heavy (non-hydrogen) atoms. The van der Waals surface area contributed by atoms with E-state index >= 15 is 0 Å². The summed E-state index contributed by atoms with van der Waals surface area (Å²) in [5.74, 6) is -0.694. The average Bonchev–Trinajstić information content (AvgIpc) is 3.17. The Hall–Kier alpha value is -4.42. The molecule has 0 atom stereocenters. The smallest absolute Gasteiger partial charge is 0.424 e. The molecule has 0 radical (unpaired) electrons. The highest BCUT2D eigenvalue weighted by Crippen LogP contribution is 2.36. The van der Waals surface area contributed by atoms with Gasteiger partial charge >= 0.3 is 6.09 Å². The maximum absolute atomic E-state index is 14.2. The number of nitrogens with zero attached hydrogens (tertiary/aromatic N) is 1. The zero-order chi connectivity index (χ0) is 24.4. The third kappa shape index (κ3) is 4.52. The molecule has 4 aromatic carbocycles. The first-order valence-corrected chi connectivity index (χ1v) is 11.0. The van der Waals surface area contributed by atoms with Crippen LogP contribution in [0.1, 0.15) is 15.9 Å². The number of fused-ring (bicyclic) bond motifs is 1. The summed E-state index contributed by atoms with van der Waals surface area (Å²) >= 11 is 6.07. The Bertz CT molecular complexity index is 1400. The van der Waals surface area contributed by atoms with Gasteiger partial charge in [0.05, 0.1) is 22.0 Å². The molecule has 0 fully saturated rings. The summed E-state index contributed by atoms with van der Waals surface area (Å²) < 4.78 is 25.5. The Labute approximate surface area is 205 Å². The lowest BCUT2D eigenvalue weighted by molar-refractivity contribution is 0.101. The van der Waals surface area contributed by atoms with Crippen LogP contribution in [0.2, 0.25) is 5.02 Å². The molecule has 5 rings (SSSR count). The normalized spacial score (nSPS) is 13.3. The van der Waals surface area contributed by atoms with E-state index in [1.54, 1.807) is 24.3 Å². The molecule has 0 unspecified atom stereocenters. The molecule has 0 saturated carbocycles. The predicted octanol–water partition coefficient (Wildman–Crippen LogP) is 7.43. The molecule has 7 heteroatoms. The molecule has 1 amide bonds. The van der Waals surface area contributed by atoms with Gasteiger partial charge in [0.1, 0.15) is 17.3 Å². The molecule has 0 aromatic heterocycles. The number of hydrogen-bond donors (Lipinski definition) is 0. The third-order valence-corrected chi connectivity index (χ3v) is 5.66. The van der Waals surface area contributed by atoms with E-state index in [-0.39, 0.29) is 33.4 Å². The number of halogens is 2. The lowest BCUT2D eigenvalue weighted by Crippen LogP contribution is -2.29. The molecule has 5 nitrogen and oxygen atoms in total. The van der Waals surface area contributed by atoms with Crippen LogP contribution in [-0.4, -0.2) is 11.9 Å². The third-order valence-electron chi connectivity index (χ3n) is 5.33. The number of anilines is 2. The maximum atomic E-state index is 14.2. The molecule has 1 aliphatic rings. The number of hydrogen-bond acceptors (Lipinski definition) is 4. The molecule has 0 N–H and O–H groups in total. The second kappa shape index (κ2) is 9.44. The number of carbonyl (C=O) groups excluding carboxylic acids is 2. The van der Waals surface area contributed by atoms with Gasteiger partial charge in [-0.1, -0.05) is 54.1 Å². The second-order valence-corrected chi connectivity index (χ2v) is 8.01. The number of carbonyl (C=O) groups is 2. The number of ether oxygens (including phenoxy) is 2. The molecule has 4 aromatic rings. The first kappa shape index (κ1) is 22.4. The minimum absolute atomic E-state index is 0.0540. The van der Waals surface area contributed by atoms with Crippen LogP contribution in [-0.2, 0) is 0 Å². The maximum Gasteiger partial charge on any atom is 0.424 e. The van der Waals surface area contributed by atoms with E-state index in [0.717, 1.165) is 0 Å². The summed E-state index contributed by atoms with van der Waals surface area (Å²) in [6.07, 6.45) is 0.624. The fraction of sp³-hybridized carbons (Fsp3) is 0. The van der Waals surface area contributed by atoms with Crippen LogP contribution in [0.3, 0.4) is 0 Å². The lowest BCUT2D eigenvalue weighted by atomic mass is 10.1. The summed E-state index contributed by atoms with van der Waals surface area (Å²) in [7, 11) is 0. The number of allylic oxidation sites excluding steroid dienone is 1. The second-order valence-electron chi connectivity index (χ2n) is 7.61. The van der Waals surface area contributed by atoms with Crippen LogP contribution >= 0.6 is 11.6 Å². The Balaban J connectivity index is 1.42. The largest absolute Gasteiger partial charge is 0.452 e. The number of benzene rings is 4. The van der Waals surface area contributed by atoms with Gasteiger partial charge < -0.3 is 9.47 Å². The zero-order valence-electron chi connectivity index (χ0n) is 18.2. The standard InChI is InChI=1S/C28H17ClFNO4/c29-23-12-7-13-24(30)22(23)17-26-27(32)21-15-14-20(16-25(21)35-26)34-28(33)31(18-8-3-1-4-9-18)19-10-5-2-6-11-19/h1-17H/b26-17-. The van der Waals surface area contributed by atoms with Crippen molar-refractivity contribution in [2.45, 2.75) is 0 Å². The van der Waals surface area contributed by atoms with Gasteiger partial charge in [-0.3, -0.25) is 4.79 Å². The molecular weight excluding hydrogens is 469 g/mol. The van der Waals surface area contributed by atoms with Crippen molar-refractivity contribution in [2.24, 2.45) is 0 Å². The summed E-state index contributed by atoms with van der Waals surface area (Å²) in [5, 5.41) is 0.154. The van der Waals surface area contributed by atoms with Crippen LogP contribution in [0.15, 0.2) is 103 Å². The van der Waals surface area contributed by atoms with Crippen molar-refractivity contribution in [1.29, 1.82) is 0 Å². The molecule has 0 aliphatic carbocycles. The van der Waals surface area contributed by atoms with Crippen LogP contribution in [0.25, 0.3) is 6.08 Å². The molecule has 172 valence electrons. The fourth-order valence-electron chi connectivity index (χ4n) is 3.67. The first-order valence-electron chi connectivity index (χ1n) is 10.7. The zero-order valence-corrected chi connectivity index (χ0v) is 18.9. The van der Waals surface area contributed by atoms with Gasteiger partial charge in [-0.25, -0.2) is 14.1 Å². The van der Waals surface area contributed by atoms with E-state index in [4.69, 9.17) is 21.1 Å². The van der Waals surface area contributed by atoms with Crippen molar-refractivity contribution in [2.75, 3.05) is 4.90 Å². The van der Waals surface area contributed by atoms with E-state index in [2.05, 4.69) is 0 Å². The fourth-order valence-corrected chi connectivity index (χ4v) is 3.89. The Kier molecular flexibility index (Phi) is 6.04. The van der Waals surface area contributed by atoms with Crippen LogP contribution in [0.5, 0.6) is 11.5 Å². The minimum Gasteiger partial charge on any atom is -0.452 e. The van der Waals surface area contributed by atoms with E-state index in [9.17, 15) is 14.0 Å². The molecular formula is C28H17ClFNO4. The molecule has 0 spiro atoms. The number of ketones is 1. The summed E-state index contributed by atoms with van der Waals surface area (Å²) in [4.78, 5) is 27.4. The SMILES string of the molecule is O=C1/C(=C/c2c(F)cccc2Cl)Oc2cc(OC(=O)N(c3ccccc3)c3ccccc3)ccc21. The van der Waals surface area contributed by atoms with Crippen molar-refractivity contribution in [3.63, 3.8) is 0 Å². The van der Waals surface area contributed by atoms with Gasteiger partial charge in [-0.2, -0.15) is 0 Å². The highest BCUT2D eigenvalue weighted by Gasteiger charge is 2.29. The number of rotatable bonds is 4. The molecule has 0 bridgehead atoms. The van der Waals surface area contributed by atoms with Crippen molar-refractivity contribution in [3.8, 4) is 11.5 Å². The predicted molar refractivity (Wildman–Crippen MR) is 132 cm³/mol. The molecule has 0 saturated heterocycles. The topological polar surface area (TPSA) is 55.8 Å². The first-order chi connectivity index (χ1) is 17.0. The number of para-hydroxylation sites is 2. The highest BCUT2D eigenvalue weighted by atomic mass is 35.5. The van der Waals surface area contributed by atoms with Crippen molar-refractivity contribution < 1.29 is 23.5 Å². The average molecular weight is 486 g/mol. The van der Waals surface area contributed by atoms with Crippen molar-refractivity contribution in [3.05, 3.63) is 125 Å². The summed E-state index contributed by atoms with van der Waals surface area (Å²) in [6.45, 7) is 0. The van der Waals surface area contributed by atoms with Crippen LogP contribution < -0.4 is 14.4 Å². The van der Waals surface area contributed by atoms with Crippen molar-refractivity contribution >= 4 is 40.9 Å². The number of amides is 1. The van der Waals surface area contributed by atoms with E-state index in [0.29, 0.717) is 11.4 Å². The van der Waals surface area contributed by atoms with E-state index in [1.165, 1.54) is 47.4 Å². The Morgan fingerprint density at radius 3 is 2.17 bits per heavy atom. The quantitative estimate of drug-likeness (QED) is 0.282. The molecule has 1 aliphatic heterocycles. The highest BCUT2D eigenvalue weighted by molar-refractivity contribution is 6.32. The van der Waals surface area contributed by atoms with E-state index in [1.807, 2.05) is 36.4 Å². The van der Waals surface area contributed by atoms with Gasteiger partial charge in [0.15, 0.2) is 5.76 Å². The minimum atomic E-state index is -0.638. The van der Waals surface area contributed by atoms with Gasteiger partial charge in [0.2, 0.25) is 5.78 Å². The van der Waals surface area contributed by atoms with Gasteiger partial charge in [0, 0.05) is 11.6 Å². The monoisotopic (exact) mass is 485 g/mol.